The molecule has 0 radical (unpaired) electrons. The Balaban J connectivity index is 1.79. The van der Waals surface area contributed by atoms with E-state index in [0.29, 0.717) is 27.8 Å². The van der Waals surface area contributed by atoms with E-state index in [1.165, 1.54) is 0 Å². The average Bonchev–Trinajstić information content (AvgIpc) is 3.32. The number of nitrogens with zero attached hydrogens (tertiary/aromatic N) is 2. The minimum Gasteiger partial charge on any atom is -0.497 e. The molecule has 2 aliphatic rings. The highest BCUT2D eigenvalue weighted by molar-refractivity contribution is 7.82. The summed E-state index contributed by atoms with van der Waals surface area (Å²) in [7, 11) is 3.22. The van der Waals surface area contributed by atoms with E-state index >= 15 is 0 Å². The van der Waals surface area contributed by atoms with Crippen LogP contribution in [0, 0.1) is 0 Å². The molecule has 1 saturated carbocycles. The highest BCUT2D eigenvalue weighted by Crippen LogP contribution is 2.42. The van der Waals surface area contributed by atoms with Gasteiger partial charge in [0.25, 0.3) is 5.91 Å². The fraction of sp³-hybridized carbons (Fsp3) is 0.318. The van der Waals surface area contributed by atoms with Crippen LogP contribution in [-0.2, 0) is 0 Å². The van der Waals surface area contributed by atoms with E-state index < -0.39 is 5.66 Å². The van der Waals surface area contributed by atoms with Crippen LogP contribution in [-0.4, -0.2) is 41.4 Å². The first kappa shape index (κ1) is 18.6. The SMILES string of the molecule is COc1cc(OC)cc(C2=NC3(CCCC3)N(C(=O)c3ccccc3)C2=S)c1. The number of carbonyl (C=O) groups is 1. The number of amides is 1. The van der Waals surface area contributed by atoms with Crippen molar-refractivity contribution in [3.63, 3.8) is 0 Å². The standard InChI is InChI=1S/C22H22N2O3S/c1-26-17-12-16(13-18(14-17)27-2)19-21(28)24(22(23-19)10-6-7-11-22)20(25)15-8-4-3-5-9-15/h3-5,8-9,12-14H,6-7,10-11H2,1-2H3. The Morgan fingerprint density at radius 1 is 1.04 bits per heavy atom. The quantitative estimate of drug-likeness (QED) is 0.728. The van der Waals surface area contributed by atoms with Crippen molar-refractivity contribution in [3.8, 4) is 11.5 Å². The number of ether oxygens (including phenoxy) is 2. The molecule has 0 unspecified atom stereocenters. The lowest BCUT2D eigenvalue weighted by molar-refractivity contribution is 0.0724. The third kappa shape index (κ3) is 3.07. The van der Waals surface area contributed by atoms with Crippen LogP contribution in [0.5, 0.6) is 11.5 Å². The molecule has 6 heteroatoms. The molecule has 1 heterocycles. The maximum absolute atomic E-state index is 13.4. The van der Waals surface area contributed by atoms with Crippen LogP contribution >= 0.6 is 12.2 Å². The van der Waals surface area contributed by atoms with Gasteiger partial charge in [-0.15, -0.1) is 0 Å². The minimum atomic E-state index is -0.588. The predicted octanol–water partition coefficient (Wildman–Crippen LogP) is 4.25. The van der Waals surface area contributed by atoms with E-state index in [4.69, 9.17) is 26.7 Å². The molecular formula is C22H22N2O3S. The third-order valence-electron chi connectivity index (χ3n) is 5.39. The summed E-state index contributed by atoms with van der Waals surface area (Å²) in [4.78, 5) is 20.6. The van der Waals surface area contributed by atoms with Gasteiger partial charge in [-0.1, -0.05) is 30.4 Å². The first-order valence-corrected chi connectivity index (χ1v) is 9.76. The lowest BCUT2D eigenvalue weighted by Gasteiger charge is -2.32. The molecule has 0 saturated heterocycles. The molecule has 0 aromatic heterocycles. The van der Waals surface area contributed by atoms with Crippen molar-refractivity contribution in [1.29, 1.82) is 0 Å². The van der Waals surface area contributed by atoms with E-state index in [2.05, 4.69) is 0 Å². The zero-order valence-electron chi connectivity index (χ0n) is 16.0. The molecular weight excluding hydrogens is 372 g/mol. The van der Waals surface area contributed by atoms with E-state index in [9.17, 15) is 4.79 Å². The normalized spacial score (nSPS) is 17.7. The summed E-state index contributed by atoms with van der Waals surface area (Å²) < 4.78 is 10.8. The van der Waals surface area contributed by atoms with Gasteiger partial charge in [0.15, 0.2) is 0 Å². The summed E-state index contributed by atoms with van der Waals surface area (Å²) in [5, 5.41) is 0. The lowest BCUT2D eigenvalue weighted by Crippen LogP contribution is -2.48. The van der Waals surface area contributed by atoms with Crippen LogP contribution < -0.4 is 9.47 Å². The molecule has 0 bridgehead atoms. The molecule has 0 N–H and O–H groups in total. The summed E-state index contributed by atoms with van der Waals surface area (Å²) in [6.07, 6.45) is 3.69. The summed E-state index contributed by atoms with van der Waals surface area (Å²) in [6.45, 7) is 0. The Labute approximate surface area is 170 Å². The minimum absolute atomic E-state index is 0.0962. The van der Waals surface area contributed by atoms with Gasteiger partial charge in [0, 0.05) is 17.2 Å². The maximum atomic E-state index is 13.4. The second-order valence-corrected chi connectivity index (χ2v) is 7.45. The van der Waals surface area contributed by atoms with Gasteiger partial charge in [0.1, 0.15) is 27.9 Å². The number of aliphatic imine (C=N–C) groups is 1. The van der Waals surface area contributed by atoms with Crippen molar-refractivity contribution in [2.45, 2.75) is 31.3 Å². The molecule has 2 aromatic carbocycles. The molecule has 1 fully saturated rings. The Hall–Kier alpha value is -2.73. The topological polar surface area (TPSA) is 51.1 Å². The molecule has 2 aromatic rings. The van der Waals surface area contributed by atoms with Gasteiger partial charge in [0.2, 0.25) is 0 Å². The first-order valence-electron chi connectivity index (χ1n) is 9.35. The fourth-order valence-corrected chi connectivity index (χ4v) is 4.42. The zero-order chi connectivity index (χ0) is 19.7. The highest BCUT2D eigenvalue weighted by atomic mass is 32.1. The van der Waals surface area contributed by atoms with Crippen LogP contribution in [0.4, 0.5) is 0 Å². The van der Waals surface area contributed by atoms with Gasteiger partial charge >= 0.3 is 0 Å². The van der Waals surface area contributed by atoms with Crippen LogP contribution in [0.25, 0.3) is 0 Å². The highest BCUT2D eigenvalue weighted by Gasteiger charge is 2.50. The molecule has 4 rings (SSSR count). The van der Waals surface area contributed by atoms with Crippen LogP contribution in [0.2, 0.25) is 0 Å². The van der Waals surface area contributed by atoms with Crippen LogP contribution in [0.1, 0.15) is 41.6 Å². The summed E-state index contributed by atoms with van der Waals surface area (Å²) in [5.74, 6) is 1.22. The van der Waals surface area contributed by atoms with E-state index in [1.807, 2.05) is 42.5 Å². The third-order valence-corrected chi connectivity index (χ3v) is 5.77. The van der Waals surface area contributed by atoms with E-state index in [1.54, 1.807) is 25.2 Å². The number of benzene rings is 2. The van der Waals surface area contributed by atoms with Crippen molar-refractivity contribution >= 4 is 28.8 Å². The predicted molar refractivity (Wildman–Crippen MR) is 112 cm³/mol. The molecule has 28 heavy (non-hydrogen) atoms. The number of carbonyl (C=O) groups excluding carboxylic acids is 1. The van der Waals surface area contributed by atoms with Gasteiger partial charge in [-0.2, -0.15) is 0 Å². The van der Waals surface area contributed by atoms with Gasteiger partial charge < -0.3 is 9.47 Å². The Bertz CT molecular complexity index is 927. The van der Waals surface area contributed by atoms with E-state index in [-0.39, 0.29) is 5.91 Å². The van der Waals surface area contributed by atoms with Gasteiger partial charge in [-0.3, -0.25) is 14.7 Å². The summed E-state index contributed by atoms with van der Waals surface area (Å²) in [5.41, 5.74) is 1.49. The van der Waals surface area contributed by atoms with Gasteiger partial charge in [-0.25, -0.2) is 0 Å². The number of hydrogen-bond donors (Lipinski definition) is 0. The number of hydrogen-bond acceptors (Lipinski definition) is 5. The summed E-state index contributed by atoms with van der Waals surface area (Å²) in [6, 6.07) is 14.8. The average molecular weight is 394 g/mol. The second-order valence-electron chi connectivity index (χ2n) is 7.06. The Morgan fingerprint density at radius 3 is 2.21 bits per heavy atom. The van der Waals surface area contributed by atoms with Gasteiger partial charge in [-0.05, 0) is 49.9 Å². The largest absolute Gasteiger partial charge is 0.497 e. The van der Waals surface area contributed by atoms with Crippen molar-refractivity contribution in [1.82, 2.24) is 4.90 Å². The Kier molecular flexibility index (Phi) is 4.89. The summed E-state index contributed by atoms with van der Waals surface area (Å²) >= 11 is 5.78. The fourth-order valence-electron chi connectivity index (χ4n) is 4.00. The zero-order valence-corrected chi connectivity index (χ0v) is 16.8. The van der Waals surface area contributed by atoms with Crippen molar-refractivity contribution < 1.29 is 14.3 Å². The maximum Gasteiger partial charge on any atom is 0.260 e. The van der Waals surface area contributed by atoms with Crippen molar-refractivity contribution in [2.75, 3.05) is 14.2 Å². The number of methoxy groups -OCH3 is 2. The van der Waals surface area contributed by atoms with Crippen molar-refractivity contribution in [2.24, 2.45) is 4.99 Å². The van der Waals surface area contributed by atoms with E-state index in [0.717, 1.165) is 31.2 Å². The van der Waals surface area contributed by atoms with Crippen LogP contribution in [0.3, 0.4) is 0 Å². The molecule has 144 valence electrons. The van der Waals surface area contributed by atoms with Gasteiger partial charge in [0.05, 0.1) is 14.2 Å². The lowest BCUT2D eigenvalue weighted by atomic mass is 10.1. The second kappa shape index (κ2) is 7.36. The van der Waals surface area contributed by atoms with Crippen LogP contribution in [0.15, 0.2) is 53.5 Å². The molecule has 1 aliphatic heterocycles. The Morgan fingerprint density at radius 2 is 1.64 bits per heavy atom. The molecule has 1 spiro atoms. The monoisotopic (exact) mass is 394 g/mol. The van der Waals surface area contributed by atoms with Crippen molar-refractivity contribution in [3.05, 3.63) is 59.7 Å². The smallest absolute Gasteiger partial charge is 0.260 e. The number of rotatable bonds is 4. The first-order chi connectivity index (χ1) is 13.6. The molecule has 1 amide bonds. The number of thiocarbonyl (C=S) groups is 1. The molecule has 5 nitrogen and oxygen atoms in total. The molecule has 1 aliphatic carbocycles. The molecule has 0 atom stereocenters.